The van der Waals surface area contributed by atoms with Gasteiger partial charge in [0.1, 0.15) is 17.0 Å². The first-order valence-corrected chi connectivity index (χ1v) is 10.3. The number of thioether (sulfide) groups is 1. The third-order valence-corrected chi connectivity index (χ3v) is 6.60. The van der Waals surface area contributed by atoms with E-state index in [0.29, 0.717) is 23.0 Å². The van der Waals surface area contributed by atoms with Gasteiger partial charge in [-0.3, -0.25) is 14.4 Å². The molecule has 0 saturated heterocycles. The van der Waals surface area contributed by atoms with Crippen molar-refractivity contribution in [3.8, 4) is 11.1 Å². The van der Waals surface area contributed by atoms with E-state index in [4.69, 9.17) is 0 Å². The van der Waals surface area contributed by atoms with Crippen LogP contribution >= 0.6 is 21.0 Å². The number of halogens is 3. The summed E-state index contributed by atoms with van der Waals surface area (Å²) in [5, 5.41) is 0.940. The first-order chi connectivity index (χ1) is 14.0. The van der Waals surface area contributed by atoms with Crippen molar-refractivity contribution in [2.75, 3.05) is 11.9 Å². The summed E-state index contributed by atoms with van der Waals surface area (Å²) in [6.07, 6.45) is -4.60. The van der Waals surface area contributed by atoms with Gasteiger partial charge < -0.3 is 10.6 Å². The maximum absolute atomic E-state index is 12.9. The van der Waals surface area contributed by atoms with Crippen LogP contribution < -0.4 is 10.6 Å². The lowest BCUT2D eigenvalue weighted by molar-refractivity contribution is -0.141. The molecule has 2 unspecified atom stereocenters. The smallest absolute Gasteiger partial charge is 0.346 e. The number of anilines is 1. The second kappa shape index (κ2) is 8.40. The monoisotopic (exact) mass is 454 g/mol. The number of carbonyl (C=O) groups is 3. The molecule has 10 heteroatoms. The van der Waals surface area contributed by atoms with Crippen LogP contribution in [-0.2, 0) is 14.4 Å². The molecule has 0 aromatic heterocycles. The Morgan fingerprint density at radius 3 is 2.37 bits per heavy atom. The molecule has 2 amide bonds. The molecule has 3 rings (SSSR count). The highest BCUT2D eigenvalue weighted by Gasteiger charge is 2.42. The van der Waals surface area contributed by atoms with Crippen molar-refractivity contribution < 1.29 is 27.6 Å². The molecule has 2 aromatic carbocycles. The van der Waals surface area contributed by atoms with Gasteiger partial charge in [-0.25, -0.2) is 0 Å². The van der Waals surface area contributed by atoms with E-state index in [9.17, 15) is 27.6 Å². The fourth-order valence-corrected chi connectivity index (χ4v) is 4.30. The number of carbonyl (C=O) groups excluding carboxylic acids is 3. The highest BCUT2D eigenvalue weighted by molar-refractivity contribution is 8.15. The van der Waals surface area contributed by atoms with Crippen LogP contribution in [0.4, 0.5) is 18.9 Å². The summed E-state index contributed by atoms with van der Waals surface area (Å²) in [4.78, 5) is 37.9. The Bertz CT molecular complexity index is 1010. The van der Waals surface area contributed by atoms with Gasteiger partial charge in [0.15, 0.2) is 0 Å². The molecular weight excluding hydrogens is 436 g/mol. The molecule has 1 aliphatic rings. The van der Waals surface area contributed by atoms with Gasteiger partial charge in [0.2, 0.25) is 16.9 Å². The van der Waals surface area contributed by atoms with Gasteiger partial charge in [-0.05, 0) is 24.1 Å². The fraction of sp³-hybridized carbons (Fsp3) is 0.250. The first kappa shape index (κ1) is 22.3. The molecule has 0 saturated carbocycles. The topological polar surface area (TPSA) is 75.3 Å². The van der Waals surface area contributed by atoms with E-state index in [2.05, 4.69) is 5.32 Å². The molecule has 0 aliphatic carbocycles. The van der Waals surface area contributed by atoms with E-state index >= 15 is 0 Å². The molecule has 0 spiro atoms. The van der Waals surface area contributed by atoms with Gasteiger partial charge in [0, 0.05) is 11.3 Å². The van der Waals surface area contributed by atoms with Crippen LogP contribution in [-0.4, -0.2) is 34.8 Å². The number of nitrogens with one attached hydrogen (secondary N) is 2. The molecule has 1 heterocycles. The Balaban J connectivity index is 1.88. The Hall–Kier alpha value is -2.38. The summed E-state index contributed by atoms with van der Waals surface area (Å²) in [6.45, 7) is -0.343. The SMILES string of the molecule is CC(P)(C(=O)NCC(F)(F)F)C(=O)S[C@@H]1C(=O)Nc2ccccc2-c2ccccc21. The molecule has 2 N–H and O–H groups in total. The Labute approximate surface area is 177 Å². The number of alkyl halides is 3. The van der Waals surface area contributed by atoms with Gasteiger partial charge in [-0.1, -0.05) is 54.2 Å². The van der Waals surface area contributed by atoms with Crippen molar-refractivity contribution in [1.82, 2.24) is 5.32 Å². The summed E-state index contributed by atoms with van der Waals surface area (Å²) in [7, 11) is 1.99. The summed E-state index contributed by atoms with van der Waals surface area (Å²) in [5.74, 6) is -1.55. The zero-order chi connectivity index (χ0) is 22.1. The minimum atomic E-state index is -4.60. The van der Waals surface area contributed by atoms with Crippen LogP contribution in [0, 0.1) is 0 Å². The summed E-state index contributed by atoms with van der Waals surface area (Å²) < 4.78 is 37.2. The molecule has 3 atom stereocenters. The molecule has 0 bridgehead atoms. The average Bonchev–Trinajstić information content (AvgIpc) is 2.80. The van der Waals surface area contributed by atoms with Crippen LogP contribution in [0.15, 0.2) is 48.5 Å². The van der Waals surface area contributed by atoms with Crippen LogP contribution in [0.25, 0.3) is 11.1 Å². The van der Waals surface area contributed by atoms with Gasteiger partial charge in [-0.15, -0.1) is 9.24 Å². The number of hydrogen-bond acceptors (Lipinski definition) is 4. The molecular formula is C20H18F3N2O3PS. The minimum Gasteiger partial charge on any atom is -0.346 e. The number of fused-ring (bicyclic) bond motifs is 3. The number of para-hydroxylation sites is 1. The predicted molar refractivity (Wildman–Crippen MR) is 113 cm³/mol. The zero-order valence-electron chi connectivity index (χ0n) is 15.7. The largest absolute Gasteiger partial charge is 0.405 e. The summed E-state index contributed by atoms with van der Waals surface area (Å²) in [6, 6.07) is 14.2. The normalized spacial score (nSPS) is 17.6. The van der Waals surface area contributed by atoms with Crippen LogP contribution in [0.1, 0.15) is 17.7 Å². The second-order valence-corrected chi connectivity index (χ2v) is 9.14. The minimum absolute atomic E-state index is 0.456. The van der Waals surface area contributed by atoms with E-state index in [-0.39, 0.29) is 0 Å². The molecule has 158 valence electrons. The van der Waals surface area contributed by atoms with Gasteiger partial charge in [0.05, 0.1) is 0 Å². The number of benzene rings is 2. The zero-order valence-corrected chi connectivity index (χ0v) is 17.7. The molecule has 30 heavy (non-hydrogen) atoms. The molecule has 1 aliphatic heterocycles. The lowest BCUT2D eigenvalue weighted by Gasteiger charge is -2.24. The van der Waals surface area contributed by atoms with Crippen LogP contribution in [0.3, 0.4) is 0 Å². The number of hydrogen-bond donors (Lipinski definition) is 2. The van der Waals surface area contributed by atoms with E-state index in [1.54, 1.807) is 35.6 Å². The van der Waals surface area contributed by atoms with Gasteiger partial charge in [-0.2, -0.15) is 13.2 Å². The van der Waals surface area contributed by atoms with E-state index in [0.717, 1.165) is 11.1 Å². The van der Waals surface area contributed by atoms with E-state index in [1.165, 1.54) is 6.92 Å². The van der Waals surface area contributed by atoms with Crippen molar-refractivity contribution in [2.24, 2.45) is 0 Å². The Morgan fingerprint density at radius 1 is 1.10 bits per heavy atom. The third-order valence-electron chi connectivity index (χ3n) is 4.53. The summed E-state index contributed by atoms with van der Waals surface area (Å²) in [5.41, 5.74) is 2.70. The van der Waals surface area contributed by atoms with E-state index in [1.807, 2.05) is 27.4 Å². The number of amides is 2. The van der Waals surface area contributed by atoms with Crippen molar-refractivity contribution in [2.45, 2.75) is 23.5 Å². The maximum atomic E-state index is 12.9. The molecule has 0 radical (unpaired) electrons. The quantitative estimate of drug-likeness (QED) is 0.543. The number of rotatable bonds is 4. The lowest BCUT2D eigenvalue weighted by atomic mass is 9.98. The van der Waals surface area contributed by atoms with Crippen molar-refractivity contribution in [1.29, 1.82) is 0 Å². The molecule has 0 fully saturated rings. The molecule has 5 nitrogen and oxygen atoms in total. The standard InChI is InChI=1S/C20H18F3N2O3PS/c1-19(29,17(27)24-10-20(21,22)23)18(28)30-15-13-8-3-2-6-11(13)12-7-4-5-9-14(12)25-16(15)26/h2-9,15H,10,29H2,1H3,(H,24,27)(H,25,26)/t15-,19?/m0/s1. The highest BCUT2D eigenvalue weighted by Crippen LogP contribution is 2.44. The third kappa shape index (κ3) is 4.68. The Kier molecular flexibility index (Phi) is 6.24. The highest BCUT2D eigenvalue weighted by atomic mass is 32.2. The van der Waals surface area contributed by atoms with Crippen LogP contribution in [0.5, 0.6) is 0 Å². The van der Waals surface area contributed by atoms with Crippen LogP contribution in [0.2, 0.25) is 0 Å². The fourth-order valence-electron chi connectivity index (χ4n) is 2.94. The maximum Gasteiger partial charge on any atom is 0.405 e. The Morgan fingerprint density at radius 2 is 1.70 bits per heavy atom. The molecule has 2 aromatic rings. The van der Waals surface area contributed by atoms with Crippen molar-refractivity contribution in [3.05, 3.63) is 54.1 Å². The first-order valence-electron chi connectivity index (χ1n) is 8.85. The van der Waals surface area contributed by atoms with Crippen molar-refractivity contribution >= 4 is 43.6 Å². The second-order valence-electron chi connectivity index (χ2n) is 6.91. The average molecular weight is 454 g/mol. The summed E-state index contributed by atoms with van der Waals surface area (Å²) >= 11 is 0.610. The van der Waals surface area contributed by atoms with Gasteiger partial charge in [0.25, 0.3) is 0 Å². The lowest BCUT2D eigenvalue weighted by Crippen LogP contribution is -2.47. The van der Waals surface area contributed by atoms with Crippen molar-refractivity contribution in [3.63, 3.8) is 0 Å². The van der Waals surface area contributed by atoms with E-state index < -0.39 is 40.1 Å². The van der Waals surface area contributed by atoms with Gasteiger partial charge >= 0.3 is 6.18 Å². The predicted octanol–water partition coefficient (Wildman–Crippen LogP) is 3.92.